The van der Waals surface area contributed by atoms with E-state index in [-0.39, 0.29) is 19.8 Å². The van der Waals surface area contributed by atoms with Crippen molar-refractivity contribution in [3.8, 4) is 0 Å². The summed E-state index contributed by atoms with van der Waals surface area (Å²) in [7, 11) is 0. The first-order chi connectivity index (χ1) is 11.7. The fraction of sp³-hybridized carbons (Fsp3) is 0.857. The second kappa shape index (κ2) is 11.0. The highest BCUT2D eigenvalue weighted by Crippen LogP contribution is 2.03. The van der Waals surface area contributed by atoms with Gasteiger partial charge in [0.1, 0.15) is 19.3 Å². The summed E-state index contributed by atoms with van der Waals surface area (Å²) in [5.41, 5.74) is 0. The quantitative estimate of drug-likeness (QED) is 0.684. The molecule has 10 nitrogen and oxygen atoms in total. The summed E-state index contributed by atoms with van der Waals surface area (Å²) < 4.78 is 36.3. The van der Waals surface area contributed by atoms with Gasteiger partial charge in [-0.2, -0.15) is 0 Å². The molecule has 0 spiro atoms. The van der Waals surface area contributed by atoms with Crippen LogP contribution in [-0.4, -0.2) is 90.5 Å². The number of rotatable bonds is 4. The zero-order valence-electron chi connectivity index (χ0n) is 13.4. The standard InChI is InChI=1S/C14H23NO9/c16-13-15-7-11(24-13)9-22-14(17)23-10-12-8-20-4-3-18-1-2-19-5-6-21-12/h11-12H,1-10H2,(H,15,16)/t11-,12?/m0/s1. The van der Waals surface area contributed by atoms with E-state index in [0.29, 0.717) is 46.2 Å². The molecule has 0 bridgehead atoms. The molecule has 24 heavy (non-hydrogen) atoms. The summed E-state index contributed by atoms with van der Waals surface area (Å²) in [6.07, 6.45) is -2.30. The largest absolute Gasteiger partial charge is 0.508 e. The molecule has 2 rings (SSSR count). The van der Waals surface area contributed by atoms with E-state index >= 15 is 0 Å². The lowest BCUT2D eigenvalue weighted by Crippen LogP contribution is -2.31. The maximum absolute atomic E-state index is 11.6. The summed E-state index contributed by atoms with van der Waals surface area (Å²) in [6.45, 7) is 3.17. The summed E-state index contributed by atoms with van der Waals surface area (Å²) in [5, 5.41) is 2.46. The average molecular weight is 349 g/mol. The van der Waals surface area contributed by atoms with Gasteiger partial charge in [0, 0.05) is 0 Å². The Morgan fingerprint density at radius 2 is 1.58 bits per heavy atom. The molecule has 0 aromatic rings. The van der Waals surface area contributed by atoms with Crippen molar-refractivity contribution < 1.29 is 42.7 Å². The Balaban J connectivity index is 1.61. The first-order valence-corrected chi connectivity index (χ1v) is 7.83. The van der Waals surface area contributed by atoms with Crippen molar-refractivity contribution in [3.05, 3.63) is 0 Å². The van der Waals surface area contributed by atoms with Crippen molar-refractivity contribution in [1.29, 1.82) is 0 Å². The molecule has 2 fully saturated rings. The van der Waals surface area contributed by atoms with Crippen LogP contribution >= 0.6 is 0 Å². The third-order valence-corrected chi connectivity index (χ3v) is 3.15. The maximum Gasteiger partial charge on any atom is 0.508 e. The predicted molar refractivity (Wildman–Crippen MR) is 77.8 cm³/mol. The maximum atomic E-state index is 11.6. The highest BCUT2D eigenvalue weighted by atomic mass is 16.7. The van der Waals surface area contributed by atoms with Crippen LogP contribution in [0.5, 0.6) is 0 Å². The van der Waals surface area contributed by atoms with E-state index in [9.17, 15) is 9.59 Å². The molecule has 0 saturated carbocycles. The van der Waals surface area contributed by atoms with Crippen LogP contribution in [0.4, 0.5) is 9.59 Å². The van der Waals surface area contributed by atoms with Gasteiger partial charge in [-0.05, 0) is 0 Å². The Kier molecular flexibility index (Phi) is 8.60. The van der Waals surface area contributed by atoms with Crippen molar-refractivity contribution in [3.63, 3.8) is 0 Å². The lowest BCUT2D eigenvalue weighted by Gasteiger charge is -2.19. The molecule has 1 unspecified atom stereocenters. The van der Waals surface area contributed by atoms with Gasteiger partial charge in [0.15, 0.2) is 6.10 Å². The van der Waals surface area contributed by atoms with Gasteiger partial charge in [-0.25, -0.2) is 9.59 Å². The number of cyclic esters (lactones) is 1. The highest BCUT2D eigenvalue weighted by molar-refractivity contribution is 5.69. The van der Waals surface area contributed by atoms with Crippen LogP contribution in [-0.2, 0) is 33.2 Å². The molecular formula is C14H23NO9. The lowest BCUT2D eigenvalue weighted by atomic mass is 10.4. The molecular weight excluding hydrogens is 326 g/mol. The van der Waals surface area contributed by atoms with Gasteiger partial charge in [0.05, 0.1) is 52.8 Å². The number of alkyl carbamates (subject to hydrolysis) is 1. The second-order valence-electron chi connectivity index (χ2n) is 5.07. The van der Waals surface area contributed by atoms with Crippen molar-refractivity contribution in [1.82, 2.24) is 5.32 Å². The molecule has 2 atom stereocenters. The van der Waals surface area contributed by atoms with Crippen LogP contribution in [0.25, 0.3) is 0 Å². The number of carbonyl (C=O) groups is 2. The molecule has 2 saturated heterocycles. The fourth-order valence-electron chi connectivity index (χ4n) is 1.96. The Morgan fingerprint density at radius 1 is 0.958 bits per heavy atom. The van der Waals surface area contributed by atoms with E-state index in [1.54, 1.807) is 0 Å². The topological polar surface area (TPSA) is 111 Å². The molecule has 1 N–H and O–H groups in total. The van der Waals surface area contributed by atoms with Gasteiger partial charge in [-0.1, -0.05) is 0 Å². The first-order valence-electron chi connectivity index (χ1n) is 7.83. The predicted octanol–water partition coefficient (Wildman–Crippen LogP) is -0.303. The minimum atomic E-state index is -0.854. The number of hydrogen-bond donors (Lipinski definition) is 1. The van der Waals surface area contributed by atoms with E-state index in [1.807, 2.05) is 0 Å². The van der Waals surface area contributed by atoms with Gasteiger partial charge < -0.3 is 38.5 Å². The summed E-state index contributed by atoms with van der Waals surface area (Å²) in [4.78, 5) is 22.4. The number of carbonyl (C=O) groups excluding carboxylic acids is 2. The Bertz CT molecular complexity index is 380. The fourth-order valence-corrected chi connectivity index (χ4v) is 1.96. The highest BCUT2D eigenvalue weighted by Gasteiger charge is 2.24. The van der Waals surface area contributed by atoms with Gasteiger partial charge in [-0.15, -0.1) is 0 Å². The van der Waals surface area contributed by atoms with Crippen LogP contribution in [0.1, 0.15) is 0 Å². The molecule has 0 radical (unpaired) electrons. The van der Waals surface area contributed by atoms with Crippen molar-refractivity contribution in [2.24, 2.45) is 0 Å². The number of ether oxygens (including phenoxy) is 7. The summed E-state index contributed by atoms with van der Waals surface area (Å²) in [6, 6.07) is 0. The molecule has 0 aliphatic carbocycles. The zero-order valence-corrected chi connectivity index (χ0v) is 13.4. The third kappa shape index (κ3) is 7.77. The molecule has 0 aromatic carbocycles. The number of amides is 1. The third-order valence-electron chi connectivity index (χ3n) is 3.15. The molecule has 2 aliphatic heterocycles. The molecule has 2 heterocycles. The smallest absolute Gasteiger partial charge is 0.441 e. The van der Waals surface area contributed by atoms with E-state index in [2.05, 4.69) is 5.32 Å². The van der Waals surface area contributed by atoms with Crippen LogP contribution in [0.3, 0.4) is 0 Å². The average Bonchev–Trinajstić information content (AvgIpc) is 2.98. The molecule has 10 heteroatoms. The number of hydrogen-bond acceptors (Lipinski definition) is 9. The molecule has 138 valence electrons. The van der Waals surface area contributed by atoms with Gasteiger partial charge >= 0.3 is 12.2 Å². The van der Waals surface area contributed by atoms with E-state index in [0.717, 1.165) is 0 Å². The van der Waals surface area contributed by atoms with E-state index in [4.69, 9.17) is 33.2 Å². The Hall–Kier alpha value is -1.62. The summed E-state index contributed by atoms with van der Waals surface area (Å²) >= 11 is 0. The van der Waals surface area contributed by atoms with Crippen molar-refractivity contribution in [2.75, 3.05) is 66.0 Å². The van der Waals surface area contributed by atoms with Crippen LogP contribution in [0, 0.1) is 0 Å². The van der Waals surface area contributed by atoms with E-state index in [1.165, 1.54) is 0 Å². The zero-order chi connectivity index (χ0) is 17.0. The monoisotopic (exact) mass is 349 g/mol. The number of nitrogens with one attached hydrogen (secondary N) is 1. The Morgan fingerprint density at radius 3 is 2.25 bits per heavy atom. The van der Waals surface area contributed by atoms with Crippen molar-refractivity contribution in [2.45, 2.75) is 12.2 Å². The van der Waals surface area contributed by atoms with Crippen molar-refractivity contribution >= 4 is 12.2 Å². The molecule has 0 aromatic heterocycles. The van der Waals surface area contributed by atoms with E-state index < -0.39 is 24.5 Å². The minimum Gasteiger partial charge on any atom is -0.441 e. The first kappa shape index (κ1) is 18.7. The minimum absolute atomic E-state index is 0.0115. The molecule has 1 amide bonds. The van der Waals surface area contributed by atoms with Gasteiger partial charge in [-0.3, -0.25) is 0 Å². The van der Waals surface area contributed by atoms with Crippen LogP contribution in [0.2, 0.25) is 0 Å². The Labute approximate surface area is 139 Å². The van der Waals surface area contributed by atoms with Crippen LogP contribution in [0.15, 0.2) is 0 Å². The van der Waals surface area contributed by atoms with Gasteiger partial charge in [0.2, 0.25) is 0 Å². The van der Waals surface area contributed by atoms with Crippen LogP contribution < -0.4 is 5.32 Å². The SMILES string of the molecule is O=C1NC[C@@H](COC(=O)OCC2COCCOCCOCCO2)O1. The molecule has 2 aliphatic rings. The second-order valence-corrected chi connectivity index (χ2v) is 5.07. The van der Waals surface area contributed by atoms with Gasteiger partial charge in [0.25, 0.3) is 0 Å². The summed E-state index contributed by atoms with van der Waals surface area (Å²) in [5.74, 6) is 0. The normalized spacial score (nSPS) is 26.4. The lowest BCUT2D eigenvalue weighted by molar-refractivity contribution is -0.0871.